The van der Waals surface area contributed by atoms with Crippen LogP contribution in [-0.2, 0) is 4.74 Å². The van der Waals surface area contributed by atoms with Crippen LogP contribution in [0.2, 0.25) is 0 Å². The Balaban J connectivity index is 4.61. The van der Waals surface area contributed by atoms with E-state index in [1.165, 1.54) is 5.54 Å². The van der Waals surface area contributed by atoms with Crippen LogP contribution in [0.1, 0.15) is 13.3 Å². The predicted molar refractivity (Wildman–Crippen MR) is 48.3 cm³/mol. The third-order valence-corrected chi connectivity index (χ3v) is 1.85. The minimum absolute atomic E-state index is 0.326. The molecule has 64 valence electrons. The van der Waals surface area contributed by atoms with Crippen molar-refractivity contribution in [1.82, 2.24) is 0 Å². The van der Waals surface area contributed by atoms with Gasteiger partial charge in [-0.3, -0.25) is 0 Å². The average molecular weight is 196 g/mol. The van der Waals surface area contributed by atoms with Crippen LogP contribution in [-0.4, -0.2) is 7.11 Å². The predicted octanol–water partition coefficient (Wildman–Crippen LogP) is 2.53. The van der Waals surface area contributed by atoms with E-state index in [0.29, 0.717) is 22.9 Å². The van der Waals surface area contributed by atoms with Crippen molar-refractivity contribution < 1.29 is 4.74 Å². The SMILES string of the molecule is CC/C(OC)=C(Cl)\C(N)=C\Cl. The summed E-state index contributed by atoms with van der Waals surface area (Å²) in [7, 11) is 1.54. The highest BCUT2D eigenvalue weighted by Crippen LogP contribution is 2.18. The zero-order valence-electron chi connectivity index (χ0n) is 6.53. The third-order valence-electron chi connectivity index (χ3n) is 1.18. The molecule has 0 radical (unpaired) electrons. The van der Waals surface area contributed by atoms with E-state index in [1.54, 1.807) is 7.11 Å². The number of hydrogen-bond acceptors (Lipinski definition) is 2. The summed E-state index contributed by atoms with van der Waals surface area (Å²) in [5.74, 6) is 0.640. The second kappa shape index (κ2) is 5.33. The monoisotopic (exact) mass is 195 g/mol. The smallest absolute Gasteiger partial charge is 0.116 e. The van der Waals surface area contributed by atoms with Crippen molar-refractivity contribution in [2.24, 2.45) is 5.73 Å². The fourth-order valence-corrected chi connectivity index (χ4v) is 1.03. The Morgan fingerprint density at radius 1 is 1.64 bits per heavy atom. The standard InChI is InChI=1S/C7H11Cl2NO/c1-3-6(11-2)7(9)5(10)4-8/h4H,3,10H2,1-2H3/b5-4-,7-6-. The van der Waals surface area contributed by atoms with E-state index in [1.807, 2.05) is 6.92 Å². The fourth-order valence-electron chi connectivity index (χ4n) is 0.598. The molecule has 0 fully saturated rings. The normalized spacial score (nSPS) is 14.4. The summed E-state index contributed by atoms with van der Waals surface area (Å²) in [5, 5.41) is 0.380. The van der Waals surface area contributed by atoms with Gasteiger partial charge in [0.15, 0.2) is 0 Å². The van der Waals surface area contributed by atoms with Crippen LogP contribution in [0.25, 0.3) is 0 Å². The first-order valence-electron chi connectivity index (χ1n) is 3.16. The zero-order chi connectivity index (χ0) is 8.85. The second-order valence-electron chi connectivity index (χ2n) is 1.86. The van der Waals surface area contributed by atoms with Gasteiger partial charge in [0.2, 0.25) is 0 Å². The van der Waals surface area contributed by atoms with E-state index in [9.17, 15) is 0 Å². The van der Waals surface area contributed by atoms with Gasteiger partial charge in [-0.2, -0.15) is 0 Å². The minimum Gasteiger partial charge on any atom is -0.499 e. The lowest BCUT2D eigenvalue weighted by atomic mass is 10.3. The molecule has 0 saturated heterocycles. The van der Waals surface area contributed by atoms with Crippen LogP contribution in [0, 0.1) is 0 Å². The largest absolute Gasteiger partial charge is 0.499 e. The fraction of sp³-hybridized carbons (Fsp3) is 0.429. The van der Waals surface area contributed by atoms with Gasteiger partial charge < -0.3 is 10.5 Å². The van der Waals surface area contributed by atoms with Crippen molar-refractivity contribution in [3.63, 3.8) is 0 Å². The molecule has 11 heavy (non-hydrogen) atoms. The summed E-state index contributed by atoms with van der Waals surface area (Å²) in [6.45, 7) is 1.92. The Kier molecular flexibility index (Phi) is 5.16. The van der Waals surface area contributed by atoms with Gasteiger partial charge in [0.1, 0.15) is 10.8 Å². The number of methoxy groups -OCH3 is 1. The zero-order valence-corrected chi connectivity index (χ0v) is 8.04. The first kappa shape index (κ1) is 10.7. The van der Waals surface area contributed by atoms with Gasteiger partial charge in [0.05, 0.1) is 12.8 Å². The summed E-state index contributed by atoms with van der Waals surface area (Å²) in [6, 6.07) is 0. The molecule has 2 N–H and O–H groups in total. The molecule has 0 bridgehead atoms. The van der Waals surface area contributed by atoms with Crippen molar-refractivity contribution in [2.45, 2.75) is 13.3 Å². The van der Waals surface area contributed by atoms with E-state index < -0.39 is 0 Å². The molecular weight excluding hydrogens is 185 g/mol. The molecule has 0 rings (SSSR count). The Morgan fingerprint density at radius 2 is 2.18 bits per heavy atom. The van der Waals surface area contributed by atoms with Crippen LogP contribution < -0.4 is 5.73 Å². The van der Waals surface area contributed by atoms with Gasteiger partial charge in [-0.15, -0.1) is 0 Å². The summed E-state index contributed by atoms with van der Waals surface area (Å²) in [6.07, 6.45) is 0.695. The molecule has 0 aliphatic heterocycles. The Hall–Kier alpha value is -0.340. The molecule has 0 aliphatic rings. The summed E-state index contributed by atoms with van der Waals surface area (Å²) < 4.78 is 4.95. The number of ether oxygens (including phenoxy) is 1. The van der Waals surface area contributed by atoms with Gasteiger partial charge in [0.25, 0.3) is 0 Å². The molecular formula is C7H11Cl2NO. The van der Waals surface area contributed by atoms with Crippen molar-refractivity contribution in [3.05, 3.63) is 22.0 Å². The number of nitrogens with two attached hydrogens (primary N) is 1. The van der Waals surface area contributed by atoms with E-state index in [-0.39, 0.29) is 0 Å². The molecule has 0 aliphatic carbocycles. The molecule has 0 saturated carbocycles. The first-order valence-corrected chi connectivity index (χ1v) is 3.97. The second-order valence-corrected chi connectivity index (χ2v) is 2.46. The Morgan fingerprint density at radius 3 is 2.45 bits per heavy atom. The molecule has 0 aromatic heterocycles. The number of hydrogen-bond donors (Lipinski definition) is 1. The molecule has 0 atom stereocenters. The quantitative estimate of drug-likeness (QED) is 0.556. The van der Waals surface area contributed by atoms with Crippen LogP contribution in [0.5, 0.6) is 0 Å². The molecule has 0 aromatic rings. The maximum atomic E-state index is 5.77. The van der Waals surface area contributed by atoms with Crippen LogP contribution in [0.15, 0.2) is 22.0 Å². The number of rotatable bonds is 3. The third kappa shape index (κ3) is 3.04. The molecule has 0 heterocycles. The average Bonchev–Trinajstić information content (AvgIpc) is 2.05. The maximum absolute atomic E-state index is 5.77. The van der Waals surface area contributed by atoms with E-state index >= 15 is 0 Å². The lowest BCUT2D eigenvalue weighted by Crippen LogP contribution is -2.00. The summed E-state index contributed by atoms with van der Waals surface area (Å²) in [5.41, 5.74) is 6.97. The van der Waals surface area contributed by atoms with Gasteiger partial charge in [-0.1, -0.05) is 30.1 Å². The molecule has 0 amide bonds. The highest BCUT2D eigenvalue weighted by molar-refractivity contribution is 6.34. The van der Waals surface area contributed by atoms with Gasteiger partial charge in [-0.05, 0) is 0 Å². The van der Waals surface area contributed by atoms with E-state index in [0.717, 1.165) is 0 Å². The van der Waals surface area contributed by atoms with Crippen LogP contribution >= 0.6 is 23.2 Å². The van der Waals surface area contributed by atoms with Crippen molar-refractivity contribution in [1.29, 1.82) is 0 Å². The summed E-state index contributed by atoms with van der Waals surface area (Å²) in [4.78, 5) is 0. The summed E-state index contributed by atoms with van der Waals surface area (Å²) >= 11 is 11.1. The van der Waals surface area contributed by atoms with Gasteiger partial charge in [-0.25, -0.2) is 0 Å². The molecule has 0 aromatic carbocycles. The van der Waals surface area contributed by atoms with Crippen molar-refractivity contribution >= 4 is 23.2 Å². The number of allylic oxidation sites excluding steroid dienone is 2. The minimum atomic E-state index is 0.326. The van der Waals surface area contributed by atoms with Crippen LogP contribution in [0.4, 0.5) is 0 Å². The topological polar surface area (TPSA) is 35.2 Å². The van der Waals surface area contributed by atoms with Gasteiger partial charge >= 0.3 is 0 Å². The lowest BCUT2D eigenvalue weighted by Gasteiger charge is -2.05. The Bertz CT molecular complexity index is 181. The van der Waals surface area contributed by atoms with Crippen molar-refractivity contribution in [3.8, 4) is 0 Å². The molecule has 0 unspecified atom stereocenters. The van der Waals surface area contributed by atoms with Gasteiger partial charge in [0, 0.05) is 12.0 Å². The Labute approximate surface area is 76.6 Å². The highest BCUT2D eigenvalue weighted by atomic mass is 35.5. The van der Waals surface area contributed by atoms with E-state index in [4.69, 9.17) is 33.7 Å². The lowest BCUT2D eigenvalue weighted by molar-refractivity contribution is 0.279. The van der Waals surface area contributed by atoms with Crippen LogP contribution in [0.3, 0.4) is 0 Å². The highest BCUT2D eigenvalue weighted by Gasteiger charge is 2.04. The van der Waals surface area contributed by atoms with E-state index in [2.05, 4.69) is 0 Å². The molecule has 0 spiro atoms. The molecule has 2 nitrogen and oxygen atoms in total. The number of halogens is 2. The maximum Gasteiger partial charge on any atom is 0.116 e. The first-order chi connectivity index (χ1) is 5.17. The van der Waals surface area contributed by atoms with Crippen molar-refractivity contribution in [2.75, 3.05) is 7.11 Å². The molecule has 4 heteroatoms.